The van der Waals surface area contributed by atoms with Crippen LogP contribution in [0.1, 0.15) is 19.8 Å². The Labute approximate surface area is 108 Å². The van der Waals surface area contributed by atoms with E-state index in [1.165, 1.54) is 0 Å². The Bertz CT molecular complexity index is 413. The molecule has 0 spiro atoms. The zero-order chi connectivity index (χ0) is 12.5. The van der Waals surface area contributed by atoms with E-state index in [4.69, 9.17) is 5.53 Å². The SMILES string of the molecule is CCC(=O)CCSSc1ccc(N=[N+]=[N-])cc1. The van der Waals surface area contributed by atoms with E-state index in [9.17, 15) is 4.79 Å². The Balaban J connectivity index is 2.32. The number of Topliss-reactive ketones (excluding diaryl/α,β-unsaturated/α-hetero) is 1. The van der Waals surface area contributed by atoms with Gasteiger partial charge in [-0.2, -0.15) is 0 Å². The number of rotatable bonds is 7. The Morgan fingerprint density at radius 1 is 1.41 bits per heavy atom. The average Bonchev–Trinajstić information content (AvgIpc) is 2.36. The molecule has 17 heavy (non-hydrogen) atoms. The summed E-state index contributed by atoms with van der Waals surface area (Å²) in [4.78, 5) is 14.9. The highest BCUT2D eigenvalue weighted by Gasteiger charge is 1.99. The monoisotopic (exact) mass is 267 g/mol. The number of carbonyl (C=O) groups excluding carboxylic acids is 1. The summed E-state index contributed by atoms with van der Waals surface area (Å²) in [5.41, 5.74) is 8.87. The van der Waals surface area contributed by atoms with Gasteiger partial charge in [0.1, 0.15) is 5.78 Å². The van der Waals surface area contributed by atoms with Crippen LogP contribution in [0, 0.1) is 0 Å². The van der Waals surface area contributed by atoms with Crippen molar-refractivity contribution in [3.8, 4) is 0 Å². The van der Waals surface area contributed by atoms with E-state index in [2.05, 4.69) is 10.0 Å². The molecule has 0 radical (unpaired) electrons. The van der Waals surface area contributed by atoms with Crippen molar-refractivity contribution in [3.05, 3.63) is 34.7 Å². The molecule has 0 aromatic heterocycles. The second-order valence-corrected chi connectivity index (χ2v) is 5.72. The molecule has 0 atom stereocenters. The van der Waals surface area contributed by atoms with Gasteiger partial charge in [-0.1, -0.05) is 45.8 Å². The highest BCUT2D eigenvalue weighted by molar-refractivity contribution is 8.76. The molecule has 0 unspecified atom stereocenters. The molecular formula is C11H13N3OS2. The minimum Gasteiger partial charge on any atom is -0.300 e. The lowest BCUT2D eigenvalue weighted by Crippen LogP contribution is -1.95. The molecule has 90 valence electrons. The molecule has 0 bridgehead atoms. The van der Waals surface area contributed by atoms with Gasteiger partial charge in [-0.15, -0.1) is 0 Å². The van der Waals surface area contributed by atoms with Crippen LogP contribution >= 0.6 is 21.6 Å². The highest BCUT2D eigenvalue weighted by atomic mass is 33.1. The molecular weight excluding hydrogens is 254 g/mol. The summed E-state index contributed by atoms with van der Waals surface area (Å²) in [5.74, 6) is 1.13. The Morgan fingerprint density at radius 3 is 2.71 bits per heavy atom. The van der Waals surface area contributed by atoms with Crippen LogP contribution in [0.5, 0.6) is 0 Å². The van der Waals surface area contributed by atoms with Crippen LogP contribution in [-0.2, 0) is 4.79 Å². The number of azide groups is 1. The van der Waals surface area contributed by atoms with Crippen LogP contribution in [0.3, 0.4) is 0 Å². The van der Waals surface area contributed by atoms with Gasteiger partial charge in [0.2, 0.25) is 0 Å². The van der Waals surface area contributed by atoms with E-state index in [1.807, 2.05) is 19.1 Å². The maximum absolute atomic E-state index is 11.1. The van der Waals surface area contributed by atoms with Gasteiger partial charge in [0, 0.05) is 34.1 Å². The lowest BCUT2D eigenvalue weighted by atomic mass is 10.2. The lowest BCUT2D eigenvalue weighted by molar-refractivity contribution is -0.118. The van der Waals surface area contributed by atoms with Crippen LogP contribution in [0.15, 0.2) is 34.3 Å². The quantitative estimate of drug-likeness (QED) is 0.236. The fourth-order valence-corrected chi connectivity index (χ4v) is 3.08. The number of hydrogen-bond acceptors (Lipinski definition) is 4. The molecule has 1 aromatic carbocycles. The Morgan fingerprint density at radius 2 is 2.12 bits per heavy atom. The van der Waals surface area contributed by atoms with Crippen molar-refractivity contribution < 1.29 is 4.79 Å². The predicted molar refractivity (Wildman–Crippen MR) is 73.5 cm³/mol. The first kappa shape index (κ1) is 14.0. The summed E-state index contributed by atoms with van der Waals surface area (Å²) in [5, 5.41) is 3.50. The molecule has 4 nitrogen and oxygen atoms in total. The molecule has 6 heteroatoms. The van der Waals surface area contributed by atoms with E-state index in [0.29, 0.717) is 24.3 Å². The first-order valence-electron chi connectivity index (χ1n) is 5.22. The second-order valence-electron chi connectivity index (χ2n) is 3.23. The van der Waals surface area contributed by atoms with Crippen molar-refractivity contribution in [3.63, 3.8) is 0 Å². The number of carbonyl (C=O) groups is 1. The van der Waals surface area contributed by atoms with E-state index in [-0.39, 0.29) is 0 Å². The molecule has 0 aliphatic rings. The molecule has 1 aromatic rings. The fourth-order valence-electron chi connectivity index (χ4n) is 1.06. The first-order valence-corrected chi connectivity index (χ1v) is 7.54. The second kappa shape index (κ2) is 8.06. The van der Waals surface area contributed by atoms with Gasteiger partial charge >= 0.3 is 0 Å². The normalized spacial score (nSPS) is 9.71. The average molecular weight is 267 g/mol. The molecule has 1 rings (SSSR count). The predicted octanol–water partition coefficient (Wildman–Crippen LogP) is 4.74. The number of ketones is 1. The molecule has 0 heterocycles. The summed E-state index contributed by atoms with van der Waals surface area (Å²) >= 11 is 0. The Hall–Kier alpha value is -1.10. The summed E-state index contributed by atoms with van der Waals surface area (Å²) in [6.07, 6.45) is 1.25. The molecule has 0 fully saturated rings. The van der Waals surface area contributed by atoms with Crippen LogP contribution in [-0.4, -0.2) is 11.5 Å². The van der Waals surface area contributed by atoms with Gasteiger partial charge < -0.3 is 0 Å². The van der Waals surface area contributed by atoms with Gasteiger partial charge in [-0.05, 0) is 17.7 Å². The molecule has 0 aliphatic carbocycles. The number of hydrogen-bond donors (Lipinski definition) is 0. The van der Waals surface area contributed by atoms with Crippen molar-refractivity contribution in [2.24, 2.45) is 5.11 Å². The highest BCUT2D eigenvalue weighted by Crippen LogP contribution is 2.32. The first-order chi connectivity index (χ1) is 8.26. The van der Waals surface area contributed by atoms with Crippen molar-refractivity contribution >= 4 is 33.1 Å². The van der Waals surface area contributed by atoms with Gasteiger partial charge in [-0.3, -0.25) is 4.79 Å². The largest absolute Gasteiger partial charge is 0.300 e. The smallest absolute Gasteiger partial charge is 0.133 e. The van der Waals surface area contributed by atoms with Crippen LogP contribution in [0.4, 0.5) is 5.69 Å². The maximum atomic E-state index is 11.1. The molecule has 0 saturated heterocycles. The van der Waals surface area contributed by atoms with Crippen LogP contribution in [0.25, 0.3) is 10.4 Å². The minimum atomic E-state index is 0.303. The maximum Gasteiger partial charge on any atom is 0.133 e. The number of benzene rings is 1. The van der Waals surface area contributed by atoms with Crippen molar-refractivity contribution in [2.45, 2.75) is 24.7 Å². The van der Waals surface area contributed by atoms with Crippen molar-refractivity contribution in [1.82, 2.24) is 0 Å². The summed E-state index contributed by atoms with van der Waals surface area (Å²) in [6, 6.07) is 7.37. The molecule has 0 aliphatic heterocycles. The molecule has 0 saturated carbocycles. The minimum absolute atomic E-state index is 0.303. The number of nitrogens with zero attached hydrogens (tertiary/aromatic N) is 3. The van der Waals surface area contributed by atoms with E-state index in [1.54, 1.807) is 33.7 Å². The van der Waals surface area contributed by atoms with Crippen LogP contribution < -0.4 is 0 Å². The summed E-state index contributed by atoms with van der Waals surface area (Å²) < 4.78 is 0. The van der Waals surface area contributed by atoms with E-state index in [0.717, 1.165) is 10.6 Å². The topological polar surface area (TPSA) is 65.8 Å². The summed E-state index contributed by atoms with van der Waals surface area (Å²) in [7, 11) is 3.29. The summed E-state index contributed by atoms with van der Waals surface area (Å²) in [6.45, 7) is 1.88. The third-order valence-corrected chi connectivity index (χ3v) is 4.39. The lowest BCUT2D eigenvalue weighted by Gasteiger charge is -2.00. The van der Waals surface area contributed by atoms with Crippen molar-refractivity contribution in [2.75, 3.05) is 5.75 Å². The molecule has 0 N–H and O–H groups in total. The Kier molecular flexibility index (Phi) is 6.62. The third kappa shape index (κ3) is 5.68. The molecule has 0 amide bonds. The van der Waals surface area contributed by atoms with Gasteiger partial charge in [0.25, 0.3) is 0 Å². The van der Waals surface area contributed by atoms with E-state index >= 15 is 0 Å². The van der Waals surface area contributed by atoms with Gasteiger partial charge in [-0.25, -0.2) is 0 Å². The van der Waals surface area contributed by atoms with Crippen molar-refractivity contribution in [1.29, 1.82) is 0 Å². The van der Waals surface area contributed by atoms with Gasteiger partial charge in [0.15, 0.2) is 0 Å². The van der Waals surface area contributed by atoms with E-state index < -0.39 is 0 Å². The fraction of sp³-hybridized carbons (Fsp3) is 0.364. The standard InChI is InChI=1S/C11H13N3OS2/c1-2-10(15)7-8-16-17-11-5-3-9(4-6-11)13-14-12/h3-6H,2,7-8H2,1H3. The van der Waals surface area contributed by atoms with Crippen LogP contribution in [0.2, 0.25) is 0 Å². The third-order valence-electron chi connectivity index (χ3n) is 2.01. The zero-order valence-corrected chi connectivity index (χ0v) is 11.1. The van der Waals surface area contributed by atoms with Gasteiger partial charge in [0.05, 0.1) is 0 Å². The zero-order valence-electron chi connectivity index (χ0n) is 9.50.